The highest BCUT2D eigenvalue weighted by Crippen LogP contribution is 2.19. The van der Waals surface area contributed by atoms with Gasteiger partial charge in [0.05, 0.1) is 11.7 Å². The topological polar surface area (TPSA) is 50.2 Å². The van der Waals surface area contributed by atoms with Crippen LogP contribution in [0.5, 0.6) is 0 Å². The van der Waals surface area contributed by atoms with Crippen LogP contribution in [-0.4, -0.2) is 41.2 Å². The van der Waals surface area contributed by atoms with Crippen LogP contribution in [0.15, 0.2) is 24.3 Å². The van der Waals surface area contributed by atoms with Crippen LogP contribution in [0.25, 0.3) is 0 Å². The third-order valence-electron chi connectivity index (χ3n) is 4.73. The molecule has 5 nitrogen and oxygen atoms in total. The molecule has 142 valence electrons. The monoisotopic (exact) mass is 360 g/mol. The lowest BCUT2D eigenvalue weighted by Crippen LogP contribution is -2.31. The SMILES string of the molecule is Cc1nn(C)c(C)c1CCC(=O)NC(CCN(C)C)c1ccc(F)cc1. The van der Waals surface area contributed by atoms with Crippen LogP contribution in [0.3, 0.4) is 0 Å². The van der Waals surface area contributed by atoms with Gasteiger partial charge in [0.2, 0.25) is 5.91 Å². The number of hydrogen-bond acceptors (Lipinski definition) is 3. The number of nitrogens with zero attached hydrogens (tertiary/aromatic N) is 3. The third-order valence-corrected chi connectivity index (χ3v) is 4.73. The highest BCUT2D eigenvalue weighted by molar-refractivity contribution is 5.76. The first-order valence-corrected chi connectivity index (χ1v) is 8.96. The molecule has 1 aromatic carbocycles. The van der Waals surface area contributed by atoms with E-state index in [1.807, 2.05) is 39.7 Å². The molecule has 26 heavy (non-hydrogen) atoms. The van der Waals surface area contributed by atoms with E-state index >= 15 is 0 Å². The van der Waals surface area contributed by atoms with Gasteiger partial charge in [-0.15, -0.1) is 0 Å². The molecule has 6 heteroatoms. The van der Waals surface area contributed by atoms with E-state index in [0.29, 0.717) is 12.8 Å². The minimum absolute atomic E-state index is 0.000680. The number of amides is 1. The molecule has 1 atom stereocenters. The number of halogens is 1. The van der Waals surface area contributed by atoms with E-state index in [1.165, 1.54) is 12.1 Å². The predicted molar refractivity (Wildman–Crippen MR) is 101 cm³/mol. The minimum atomic E-state index is -0.269. The number of aryl methyl sites for hydroxylation is 2. The molecule has 1 heterocycles. The molecule has 1 N–H and O–H groups in total. The molecule has 0 aliphatic heterocycles. The second-order valence-corrected chi connectivity index (χ2v) is 7.04. The number of aromatic nitrogens is 2. The Labute approximate surface area is 155 Å². The molecular weight excluding hydrogens is 331 g/mol. The van der Waals surface area contributed by atoms with Crippen LogP contribution < -0.4 is 5.32 Å². The quantitative estimate of drug-likeness (QED) is 0.787. The standard InChI is InChI=1S/C20H29FN4O/c1-14-18(15(2)25(5)23-14)10-11-20(26)22-19(12-13-24(3)4)16-6-8-17(21)9-7-16/h6-9,19H,10-13H2,1-5H3,(H,22,26). The van der Waals surface area contributed by atoms with Crippen molar-refractivity contribution in [2.45, 2.75) is 39.2 Å². The molecule has 0 saturated heterocycles. The Morgan fingerprint density at radius 3 is 2.46 bits per heavy atom. The van der Waals surface area contributed by atoms with Crippen LogP contribution in [0.4, 0.5) is 4.39 Å². The van der Waals surface area contributed by atoms with E-state index in [2.05, 4.69) is 15.3 Å². The summed E-state index contributed by atoms with van der Waals surface area (Å²) in [6.45, 7) is 4.83. The van der Waals surface area contributed by atoms with E-state index in [1.54, 1.807) is 12.1 Å². The molecular formula is C20H29FN4O. The molecule has 0 radical (unpaired) electrons. The molecule has 0 saturated carbocycles. The van der Waals surface area contributed by atoms with E-state index in [-0.39, 0.29) is 17.8 Å². The van der Waals surface area contributed by atoms with Gasteiger partial charge in [0.25, 0.3) is 0 Å². The fourth-order valence-electron chi connectivity index (χ4n) is 3.09. The summed E-state index contributed by atoms with van der Waals surface area (Å²) in [5.41, 5.74) is 4.13. The van der Waals surface area contributed by atoms with Crippen molar-refractivity contribution in [1.29, 1.82) is 0 Å². The zero-order valence-electron chi connectivity index (χ0n) is 16.3. The molecule has 1 unspecified atom stereocenters. The molecule has 0 aliphatic rings. The van der Waals surface area contributed by atoms with E-state index < -0.39 is 0 Å². The van der Waals surface area contributed by atoms with Crippen molar-refractivity contribution >= 4 is 5.91 Å². The summed E-state index contributed by atoms with van der Waals surface area (Å²) < 4.78 is 15.1. The molecule has 0 aliphatic carbocycles. The van der Waals surface area contributed by atoms with Crippen molar-refractivity contribution in [1.82, 2.24) is 20.0 Å². The van der Waals surface area contributed by atoms with Crippen molar-refractivity contribution in [3.63, 3.8) is 0 Å². The average molecular weight is 360 g/mol. The fraction of sp³-hybridized carbons (Fsp3) is 0.500. The van der Waals surface area contributed by atoms with Crippen molar-refractivity contribution in [3.05, 3.63) is 52.6 Å². The van der Waals surface area contributed by atoms with Crippen LogP contribution in [0.2, 0.25) is 0 Å². The number of hydrogen-bond donors (Lipinski definition) is 1. The summed E-state index contributed by atoms with van der Waals surface area (Å²) in [6.07, 6.45) is 1.85. The van der Waals surface area contributed by atoms with Gasteiger partial charge in [-0.25, -0.2) is 4.39 Å². The zero-order chi connectivity index (χ0) is 19.3. The highest BCUT2D eigenvalue weighted by Gasteiger charge is 2.17. The van der Waals surface area contributed by atoms with Crippen molar-refractivity contribution in [3.8, 4) is 0 Å². The Balaban J connectivity index is 2.01. The molecule has 0 bridgehead atoms. The maximum absolute atomic E-state index is 13.2. The number of benzene rings is 1. The minimum Gasteiger partial charge on any atom is -0.349 e. The largest absolute Gasteiger partial charge is 0.349 e. The first-order chi connectivity index (χ1) is 12.3. The molecule has 2 aromatic rings. The fourth-order valence-corrected chi connectivity index (χ4v) is 3.09. The van der Waals surface area contributed by atoms with Crippen LogP contribution in [0.1, 0.15) is 41.4 Å². The van der Waals surface area contributed by atoms with Gasteiger partial charge >= 0.3 is 0 Å². The highest BCUT2D eigenvalue weighted by atomic mass is 19.1. The molecule has 0 spiro atoms. The molecule has 2 rings (SSSR count). The van der Waals surface area contributed by atoms with Gasteiger partial charge in [0.1, 0.15) is 5.82 Å². The summed E-state index contributed by atoms with van der Waals surface area (Å²) in [4.78, 5) is 14.6. The smallest absolute Gasteiger partial charge is 0.220 e. The lowest BCUT2D eigenvalue weighted by Gasteiger charge is -2.21. The average Bonchev–Trinajstić information content (AvgIpc) is 2.82. The van der Waals surface area contributed by atoms with E-state index in [0.717, 1.165) is 35.5 Å². The zero-order valence-corrected chi connectivity index (χ0v) is 16.3. The van der Waals surface area contributed by atoms with Gasteiger partial charge in [-0.1, -0.05) is 12.1 Å². The third kappa shape index (κ3) is 5.39. The van der Waals surface area contributed by atoms with Crippen molar-refractivity contribution in [2.24, 2.45) is 7.05 Å². The normalized spacial score (nSPS) is 12.4. The number of nitrogens with one attached hydrogen (secondary N) is 1. The second kappa shape index (κ2) is 8.94. The summed E-state index contributed by atoms with van der Waals surface area (Å²) in [5.74, 6) is -0.269. The predicted octanol–water partition coefficient (Wildman–Crippen LogP) is 2.92. The molecule has 0 fully saturated rings. The summed E-state index contributed by atoms with van der Waals surface area (Å²) in [5, 5.41) is 7.51. The van der Waals surface area contributed by atoms with Crippen LogP contribution >= 0.6 is 0 Å². The maximum atomic E-state index is 13.2. The van der Waals surface area contributed by atoms with Gasteiger partial charge in [-0.2, -0.15) is 5.10 Å². The van der Waals surface area contributed by atoms with E-state index in [4.69, 9.17) is 0 Å². The van der Waals surface area contributed by atoms with Gasteiger partial charge in [-0.05, 0) is 70.6 Å². The van der Waals surface area contributed by atoms with Crippen LogP contribution in [0, 0.1) is 19.7 Å². The first kappa shape index (κ1) is 20.1. The van der Waals surface area contributed by atoms with Crippen molar-refractivity contribution in [2.75, 3.05) is 20.6 Å². The van der Waals surface area contributed by atoms with Gasteiger partial charge in [0.15, 0.2) is 0 Å². The Kier molecular flexibility index (Phi) is 6.91. The number of rotatable bonds is 8. The number of carbonyl (C=O) groups excluding carboxylic acids is 1. The van der Waals surface area contributed by atoms with Gasteiger partial charge < -0.3 is 10.2 Å². The second-order valence-electron chi connectivity index (χ2n) is 7.04. The Hall–Kier alpha value is -2.21. The lowest BCUT2D eigenvalue weighted by atomic mass is 10.0. The van der Waals surface area contributed by atoms with Gasteiger partial charge in [0, 0.05) is 19.2 Å². The number of carbonyl (C=O) groups is 1. The lowest BCUT2D eigenvalue weighted by molar-refractivity contribution is -0.121. The summed E-state index contributed by atoms with van der Waals surface area (Å²) >= 11 is 0. The Bertz CT molecular complexity index is 737. The summed E-state index contributed by atoms with van der Waals surface area (Å²) in [7, 11) is 5.91. The van der Waals surface area contributed by atoms with Crippen molar-refractivity contribution < 1.29 is 9.18 Å². The first-order valence-electron chi connectivity index (χ1n) is 8.96. The Morgan fingerprint density at radius 1 is 1.27 bits per heavy atom. The van der Waals surface area contributed by atoms with Gasteiger partial charge in [-0.3, -0.25) is 9.48 Å². The Morgan fingerprint density at radius 2 is 1.92 bits per heavy atom. The summed E-state index contributed by atoms with van der Waals surface area (Å²) in [6, 6.07) is 6.23. The molecule has 1 aromatic heterocycles. The van der Waals surface area contributed by atoms with Crippen LogP contribution in [-0.2, 0) is 18.3 Å². The molecule has 1 amide bonds. The maximum Gasteiger partial charge on any atom is 0.220 e. The van der Waals surface area contributed by atoms with E-state index in [9.17, 15) is 9.18 Å².